The molecule has 0 radical (unpaired) electrons. The Morgan fingerprint density at radius 1 is 1.53 bits per heavy atom. The van der Waals surface area contributed by atoms with E-state index < -0.39 is 0 Å². The van der Waals surface area contributed by atoms with Crippen molar-refractivity contribution in [3.8, 4) is 0 Å². The number of anilines is 1. The van der Waals surface area contributed by atoms with Gasteiger partial charge >= 0.3 is 0 Å². The van der Waals surface area contributed by atoms with Gasteiger partial charge in [0.25, 0.3) is 0 Å². The van der Waals surface area contributed by atoms with Gasteiger partial charge in [0.05, 0.1) is 16.8 Å². The normalized spacial score (nSPS) is 13.1. The van der Waals surface area contributed by atoms with Gasteiger partial charge in [-0.05, 0) is 31.7 Å². The maximum atomic E-state index is 9.21. The van der Waals surface area contributed by atoms with E-state index in [2.05, 4.69) is 0 Å². The number of rotatable bonds is 4. The first-order valence-corrected chi connectivity index (χ1v) is 5.27. The van der Waals surface area contributed by atoms with Crippen LogP contribution < -0.4 is 5.73 Å². The standard InChI is InChI=1S/C11H17ClN2O/c1-8(15)6-14(2)7-9-3-4-10(12)11(13)5-9/h3-5,8,15H,6-7,13H2,1-2H3. The lowest BCUT2D eigenvalue weighted by atomic mass is 10.2. The molecule has 1 unspecified atom stereocenters. The largest absolute Gasteiger partial charge is 0.398 e. The van der Waals surface area contributed by atoms with E-state index in [0.29, 0.717) is 17.3 Å². The van der Waals surface area contributed by atoms with Crippen molar-refractivity contribution >= 4 is 17.3 Å². The summed E-state index contributed by atoms with van der Waals surface area (Å²) >= 11 is 5.82. The molecule has 0 bridgehead atoms. The van der Waals surface area contributed by atoms with Gasteiger partial charge in [-0.3, -0.25) is 4.90 Å². The Morgan fingerprint density at radius 2 is 2.20 bits per heavy atom. The van der Waals surface area contributed by atoms with Crippen LogP contribution in [0.15, 0.2) is 18.2 Å². The average molecular weight is 229 g/mol. The molecule has 15 heavy (non-hydrogen) atoms. The molecule has 0 aromatic heterocycles. The maximum Gasteiger partial charge on any atom is 0.0639 e. The van der Waals surface area contributed by atoms with Crippen molar-refractivity contribution in [3.05, 3.63) is 28.8 Å². The van der Waals surface area contributed by atoms with Gasteiger partial charge in [0.15, 0.2) is 0 Å². The molecular formula is C11H17ClN2O. The molecule has 0 heterocycles. The van der Waals surface area contributed by atoms with Crippen LogP contribution in [0, 0.1) is 0 Å². The predicted molar refractivity (Wildman–Crippen MR) is 63.9 cm³/mol. The minimum absolute atomic E-state index is 0.320. The van der Waals surface area contributed by atoms with Gasteiger partial charge in [0.1, 0.15) is 0 Å². The maximum absolute atomic E-state index is 9.21. The summed E-state index contributed by atoms with van der Waals surface area (Å²) in [4.78, 5) is 2.04. The molecule has 1 aromatic carbocycles. The lowest BCUT2D eigenvalue weighted by Crippen LogP contribution is -2.26. The number of likely N-dealkylation sites (N-methyl/N-ethyl adjacent to an activating group) is 1. The molecule has 84 valence electrons. The lowest BCUT2D eigenvalue weighted by Gasteiger charge is -2.18. The number of aliphatic hydroxyl groups is 1. The Hall–Kier alpha value is -0.770. The zero-order valence-corrected chi connectivity index (χ0v) is 9.83. The quantitative estimate of drug-likeness (QED) is 0.772. The number of aliphatic hydroxyl groups excluding tert-OH is 1. The Labute approximate surface area is 95.5 Å². The molecule has 3 N–H and O–H groups in total. The summed E-state index contributed by atoms with van der Waals surface area (Å²) in [6.45, 7) is 3.17. The molecule has 0 aliphatic heterocycles. The van der Waals surface area contributed by atoms with Gasteiger partial charge in [-0.1, -0.05) is 17.7 Å². The molecule has 0 aliphatic rings. The second kappa shape index (κ2) is 5.35. The fourth-order valence-electron chi connectivity index (χ4n) is 1.52. The van der Waals surface area contributed by atoms with Crippen LogP contribution in [0.2, 0.25) is 5.02 Å². The summed E-state index contributed by atoms with van der Waals surface area (Å²) in [6, 6.07) is 5.60. The topological polar surface area (TPSA) is 49.5 Å². The Bertz CT molecular complexity index is 328. The van der Waals surface area contributed by atoms with Crippen LogP contribution in [0.3, 0.4) is 0 Å². The van der Waals surface area contributed by atoms with Crippen LogP contribution in [0.5, 0.6) is 0 Å². The number of halogens is 1. The summed E-state index contributed by atoms with van der Waals surface area (Å²) in [5.41, 5.74) is 7.39. The van der Waals surface area contributed by atoms with Gasteiger partial charge < -0.3 is 10.8 Å². The van der Waals surface area contributed by atoms with E-state index >= 15 is 0 Å². The fraction of sp³-hybridized carbons (Fsp3) is 0.455. The molecule has 0 spiro atoms. The molecule has 0 aliphatic carbocycles. The molecule has 1 atom stereocenters. The monoisotopic (exact) mass is 228 g/mol. The van der Waals surface area contributed by atoms with Gasteiger partial charge in [-0.25, -0.2) is 0 Å². The third-order valence-electron chi connectivity index (χ3n) is 2.09. The molecule has 1 rings (SSSR count). The molecule has 3 nitrogen and oxygen atoms in total. The zero-order chi connectivity index (χ0) is 11.4. The van der Waals surface area contributed by atoms with Crippen LogP contribution in [0.1, 0.15) is 12.5 Å². The highest BCUT2D eigenvalue weighted by Gasteiger charge is 2.05. The van der Waals surface area contributed by atoms with Crippen molar-refractivity contribution in [1.82, 2.24) is 4.90 Å². The Balaban J connectivity index is 2.60. The second-order valence-electron chi connectivity index (χ2n) is 3.90. The molecule has 0 saturated heterocycles. The Kier molecular flexibility index (Phi) is 4.39. The first-order chi connectivity index (χ1) is 6.99. The Morgan fingerprint density at radius 3 is 2.73 bits per heavy atom. The fourth-order valence-corrected chi connectivity index (χ4v) is 1.64. The van der Waals surface area contributed by atoms with Gasteiger partial charge in [0, 0.05) is 13.1 Å². The summed E-state index contributed by atoms with van der Waals surface area (Å²) in [6.07, 6.45) is -0.320. The number of hydrogen-bond donors (Lipinski definition) is 2. The minimum Gasteiger partial charge on any atom is -0.398 e. The first kappa shape index (κ1) is 12.3. The van der Waals surface area contributed by atoms with Crippen LogP contribution in [-0.4, -0.2) is 29.7 Å². The number of nitrogens with zero attached hydrogens (tertiary/aromatic N) is 1. The summed E-state index contributed by atoms with van der Waals surface area (Å²) in [5, 5.41) is 9.79. The SMILES string of the molecule is CC(O)CN(C)Cc1ccc(Cl)c(N)c1. The number of nitrogen functional groups attached to an aromatic ring is 1. The van der Waals surface area contributed by atoms with Crippen molar-refractivity contribution in [2.45, 2.75) is 19.6 Å². The van der Waals surface area contributed by atoms with Gasteiger partial charge in [-0.15, -0.1) is 0 Å². The summed E-state index contributed by atoms with van der Waals surface area (Å²) < 4.78 is 0. The van der Waals surface area contributed by atoms with E-state index in [9.17, 15) is 5.11 Å². The summed E-state index contributed by atoms with van der Waals surface area (Å²) in [5.74, 6) is 0. The van der Waals surface area contributed by atoms with Crippen LogP contribution in [-0.2, 0) is 6.54 Å². The second-order valence-corrected chi connectivity index (χ2v) is 4.31. The van der Waals surface area contributed by atoms with E-state index in [-0.39, 0.29) is 6.10 Å². The molecule has 1 aromatic rings. The number of hydrogen-bond acceptors (Lipinski definition) is 3. The van der Waals surface area contributed by atoms with Crippen molar-refractivity contribution in [3.63, 3.8) is 0 Å². The summed E-state index contributed by atoms with van der Waals surface area (Å²) in [7, 11) is 1.96. The molecule has 4 heteroatoms. The highest BCUT2D eigenvalue weighted by atomic mass is 35.5. The van der Waals surface area contributed by atoms with Gasteiger partial charge in [0.2, 0.25) is 0 Å². The van der Waals surface area contributed by atoms with E-state index in [1.807, 2.05) is 24.1 Å². The first-order valence-electron chi connectivity index (χ1n) is 4.89. The highest BCUT2D eigenvalue weighted by molar-refractivity contribution is 6.33. The third-order valence-corrected chi connectivity index (χ3v) is 2.43. The van der Waals surface area contributed by atoms with Crippen molar-refractivity contribution < 1.29 is 5.11 Å². The van der Waals surface area contributed by atoms with Gasteiger partial charge in [-0.2, -0.15) is 0 Å². The zero-order valence-electron chi connectivity index (χ0n) is 9.07. The third kappa shape index (κ3) is 4.08. The van der Waals surface area contributed by atoms with E-state index in [1.54, 1.807) is 13.0 Å². The molecule has 0 amide bonds. The van der Waals surface area contributed by atoms with E-state index in [1.165, 1.54) is 0 Å². The van der Waals surface area contributed by atoms with Crippen LogP contribution >= 0.6 is 11.6 Å². The number of benzene rings is 1. The van der Waals surface area contributed by atoms with Crippen molar-refractivity contribution in [1.29, 1.82) is 0 Å². The number of nitrogens with two attached hydrogens (primary N) is 1. The predicted octanol–water partition coefficient (Wildman–Crippen LogP) is 1.73. The molecule has 0 fully saturated rings. The van der Waals surface area contributed by atoms with Crippen molar-refractivity contribution in [2.24, 2.45) is 0 Å². The molecular weight excluding hydrogens is 212 g/mol. The smallest absolute Gasteiger partial charge is 0.0639 e. The lowest BCUT2D eigenvalue weighted by molar-refractivity contribution is 0.138. The highest BCUT2D eigenvalue weighted by Crippen LogP contribution is 2.20. The van der Waals surface area contributed by atoms with E-state index in [0.717, 1.165) is 12.1 Å². The van der Waals surface area contributed by atoms with Crippen LogP contribution in [0.25, 0.3) is 0 Å². The van der Waals surface area contributed by atoms with E-state index in [4.69, 9.17) is 17.3 Å². The van der Waals surface area contributed by atoms with Crippen LogP contribution in [0.4, 0.5) is 5.69 Å². The molecule has 0 saturated carbocycles. The minimum atomic E-state index is -0.320. The van der Waals surface area contributed by atoms with Crippen molar-refractivity contribution in [2.75, 3.05) is 19.3 Å². The average Bonchev–Trinajstić information content (AvgIpc) is 2.10.